The third-order valence-electron chi connectivity index (χ3n) is 2.56. The predicted octanol–water partition coefficient (Wildman–Crippen LogP) is 3.57. The van der Waals surface area contributed by atoms with Crippen LogP contribution < -0.4 is 10.1 Å². The van der Waals surface area contributed by atoms with E-state index < -0.39 is 5.82 Å². The molecule has 0 radical (unpaired) electrons. The monoisotopic (exact) mass is 291 g/mol. The standard InChI is InChI=1S/C15H14FNO2S/c1-19-11-5-4-6-12(9-11)20-10-15(18)17-14-8-3-2-7-13(14)16/h2-9H,10H2,1H3,(H,17,18). The third-order valence-corrected chi connectivity index (χ3v) is 3.55. The summed E-state index contributed by atoms with van der Waals surface area (Å²) in [5.74, 6) is 0.265. The average Bonchev–Trinajstić information content (AvgIpc) is 2.48. The molecule has 0 aromatic heterocycles. The summed E-state index contributed by atoms with van der Waals surface area (Å²) in [6.07, 6.45) is 0. The minimum absolute atomic E-state index is 0.198. The van der Waals surface area contributed by atoms with E-state index in [0.29, 0.717) is 0 Å². The van der Waals surface area contributed by atoms with E-state index in [1.54, 1.807) is 19.2 Å². The second-order valence-electron chi connectivity index (χ2n) is 4.00. The third kappa shape index (κ3) is 3.99. The van der Waals surface area contributed by atoms with E-state index in [-0.39, 0.29) is 17.3 Å². The predicted molar refractivity (Wildman–Crippen MR) is 78.7 cm³/mol. The van der Waals surface area contributed by atoms with Crippen molar-refractivity contribution in [3.05, 3.63) is 54.3 Å². The highest BCUT2D eigenvalue weighted by Gasteiger charge is 2.07. The second kappa shape index (κ2) is 6.96. The summed E-state index contributed by atoms with van der Waals surface area (Å²) >= 11 is 1.37. The van der Waals surface area contributed by atoms with Crippen LogP contribution in [0.1, 0.15) is 0 Å². The molecule has 104 valence electrons. The molecule has 3 nitrogen and oxygen atoms in total. The first-order valence-corrected chi connectivity index (χ1v) is 6.99. The number of anilines is 1. The highest BCUT2D eigenvalue weighted by Crippen LogP contribution is 2.23. The van der Waals surface area contributed by atoms with Crippen LogP contribution >= 0.6 is 11.8 Å². The number of amides is 1. The van der Waals surface area contributed by atoms with Crippen molar-refractivity contribution >= 4 is 23.4 Å². The normalized spacial score (nSPS) is 10.1. The van der Waals surface area contributed by atoms with Gasteiger partial charge in [-0.25, -0.2) is 4.39 Å². The molecule has 1 N–H and O–H groups in total. The number of benzene rings is 2. The second-order valence-corrected chi connectivity index (χ2v) is 5.04. The van der Waals surface area contributed by atoms with Crippen molar-refractivity contribution in [2.45, 2.75) is 4.90 Å². The molecule has 0 heterocycles. The lowest BCUT2D eigenvalue weighted by atomic mass is 10.3. The number of methoxy groups -OCH3 is 1. The van der Waals surface area contributed by atoms with Gasteiger partial charge in [0.05, 0.1) is 18.6 Å². The van der Waals surface area contributed by atoms with Gasteiger partial charge in [-0.2, -0.15) is 0 Å². The van der Waals surface area contributed by atoms with E-state index in [9.17, 15) is 9.18 Å². The first kappa shape index (κ1) is 14.4. The van der Waals surface area contributed by atoms with Gasteiger partial charge >= 0.3 is 0 Å². The Labute approximate surface area is 121 Å². The van der Waals surface area contributed by atoms with Crippen LogP contribution in [0.2, 0.25) is 0 Å². The average molecular weight is 291 g/mol. The Morgan fingerprint density at radius 2 is 2.05 bits per heavy atom. The summed E-state index contributed by atoms with van der Waals surface area (Å²) in [6, 6.07) is 13.5. The van der Waals surface area contributed by atoms with Gasteiger partial charge in [0.1, 0.15) is 11.6 Å². The number of ether oxygens (including phenoxy) is 1. The topological polar surface area (TPSA) is 38.3 Å². The lowest BCUT2D eigenvalue weighted by Crippen LogP contribution is -2.14. The highest BCUT2D eigenvalue weighted by atomic mass is 32.2. The minimum atomic E-state index is -0.438. The fraction of sp³-hybridized carbons (Fsp3) is 0.133. The van der Waals surface area contributed by atoms with Crippen molar-refractivity contribution < 1.29 is 13.9 Å². The summed E-state index contributed by atoms with van der Waals surface area (Å²) in [4.78, 5) is 12.7. The largest absolute Gasteiger partial charge is 0.497 e. The molecule has 0 aliphatic rings. The Morgan fingerprint density at radius 3 is 2.80 bits per heavy atom. The molecule has 0 fully saturated rings. The van der Waals surface area contributed by atoms with Crippen molar-refractivity contribution in [2.75, 3.05) is 18.2 Å². The number of para-hydroxylation sites is 1. The van der Waals surface area contributed by atoms with E-state index >= 15 is 0 Å². The molecule has 2 aromatic rings. The van der Waals surface area contributed by atoms with E-state index in [1.165, 1.54) is 23.9 Å². The molecule has 0 unspecified atom stereocenters. The molecular formula is C15H14FNO2S. The summed E-state index contributed by atoms with van der Waals surface area (Å²) < 4.78 is 18.5. The molecule has 0 aliphatic carbocycles. The summed E-state index contributed by atoms with van der Waals surface area (Å²) in [5.41, 5.74) is 0.198. The fourth-order valence-electron chi connectivity index (χ4n) is 1.59. The van der Waals surface area contributed by atoms with Crippen LogP contribution in [-0.4, -0.2) is 18.8 Å². The quantitative estimate of drug-likeness (QED) is 0.856. The number of rotatable bonds is 5. The molecule has 2 rings (SSSR count). The van der Waals surface area contributed by atoms with Crippen molar-refractivity contribution in [3.63, 3.8) is 0 Å². The number of hydrogen-bond donors (Lipinski definition) is 1. The number of carbonyl (C=O) groups excluding carboxylic acids is 1. The van der Waals surface area contributed by atoms with Gasteiger partial charge in [0.15, 0.2) is 0 Å². The van der Waals surface area contributed by atoms with Crippen LogP contribution in [0.15, 0.2) is 53.4 Å². The van der Waals surface area contributed by atoms with Gasteiger partial charge in [-0.3, -0.25) is 4.79 Å². The van der Waals surface area contributed by atoms with Crippen LogP contribution in [0.4, 0.5) is 10.1 Å². The molecule has 2 aromatic carbocycles. The molecule has 0 aliphatic heterocycles. The smallest absolute Gasteiger partial charge is 0.234 e. The zero-order valence-electron chi connectivity index (χ0n) is 10.9. The Morgan fingerprint density at radius 1 is 1.25 bits per heavy atom. The summed E-state index contributed by atoms with van der Waals surface area (Å²) in [6.45, 7) is 0. The first-order chi connectivity index (χ1) is 9.69. The molecule has 20 heavy (non-hydrogen) atoms. The highest BCUT2D eigenvalue weighted by molar-refractivity contribution is 8.00. The van der Waals surface area contributed by atoms with Crippen LogP contribution in [0.3, 0.4) is 0 Å². The minimum Gasteiger partial charge on any atom is -0.497 e. The number of nitrogens with one attached hydrogen (secondary N) is 1. The van der Waals surface area contributed by atoms with Crippen molar-refractivity contribution in [3.8, 4) is 5.75 Å². The lowest BCUT2D eigenvalue weighted by Gasteiger charge is -2.07. The molecule has 0 spiro atoms. The molecule has 0 saturated carbocycles. The van der Waals surface area contributed by atoms with Crippen LogP contribution in [0.25, 0.3) is 0 Å². The Kier molecular flexibility index (Phi) is 5.01. The number of thioether (sulfide) groups is 1. The van der Waals surface area contributed by atoms with Crippen LogP contribution in [0, 0.1) is 5.82 Å². The van der Waals surface area contributed by atoms with Crippen molar-refractivity contribution in [1.82, 2.24) is 0 Å². The SMILES string of the molecule is COc1cccc(SCC(=O)Nc2ccccc2F)c1. The van der Waals surface area contributed by atoms with Gasteiger partial charge in [0, 0.05) is 4.90 Å². The Balaban J connectivity index is 1.90. The zero-order chi connectivity index (χ0) is 14.4. The fourth-order valence-corrected chi connectivity index (χ4v) is 2.33. The van der Waals surface area contributed by atoms with E-state index in [1.807, 2.05) is 24.3 Å². The molecular weight excluding hydrogens is 277 g/mol. The zero-order valence-corrected chi connectivity index (χ0v) is 11.7. The molecule has 0 saturated heterocycles. The maximum Gasteiger partial charge on any atom is 0.234 e. The van der Waals surface area contributed by atoms with Gasteiger partial charge in [0.2, 0.25) is 5.91 Å². The van der Waals surface area contributed by atoms with Crippen molar-refractivity contribution in [2.24, 2.45) is 0 Å². The van der Waals surface area contributed by atoms with Crippen LogP contribution in [0.5, 0.6) is 5.75 Å². The van der Waals surface area contributed by atoms with E-state index in [4.69, 9.17) is 4.74 Å². The first-order valence-electron chi connectivity index (χ1n) is 6.00. The van der Waals surface area contributed by atoms with Gasteiger partial charge in [-0.15, -0.1) is 11.8 Å². The van der Waals surface area contributed by atoms with E-state index in [2.05, 4.69) is 5.32 Å². The molecule has 0 atom stereocenters. The molecule has 0 bridgehead atoms. The summed E-state index contributed by atoms with van der Waals surface area (Å²) in [7, 11) is 1.59. The Bertz CT molecular complexity index is 604. The van der Waals surface area contributed by atoms with Gasteiger partial charge in [-0.1, -0.05) is 18.2 Å². The number of hydrogen-bond acceptors (Lipinski definition) is 3. The maximum atomic E-state index is 13.4. The lowest BCUT2D eigenvalue weighted by molar-refractivity contribution is -0.113. The van der Waals surface area contributed by atoms with Crippen LogP contribution in [-0.2, 0) is 4.79 Å². The number of halogens is 1. The number of carbonyl (C=O) groups is 1. The van der Waals surface area contributed by atoms with Gasteiger partial charge in [-0.05, 0) is 30.3 Å². The molecule has 5 heteroatoms. The Hall–Kier alpha value is -2.01. The molecule has 1 amide bonds. The summed E-state index contributed by atoms with van der Waals surface area (Å²) in [5, 5.41) is 2.54. The van der Waals surface area contributed by atoms with E-state index in [0.717, 1.165) is 10.6 Å². The van der Waals surface area contributed by atoms with Gasteiger partial charge < -0.3 is 10.1 Å². The van der Waals surface area contributed by atoms with Gasteiger partial charge in [0.25, 0.3) is 0 Å². The maximum absolute atomic E-state index is 13.4. The van der Waals surface area contributed by atoms with Crippen molar-refractivity contribution in [1.29, 1.82) is 0 Å².